The quantitative estimate of drug-likeness (QED) is 0.588. The molecule has 4 rings (SSSR count). The normalized spacial score (nSPS) is 10.9. The van der Waals surface area contributed by atoms with E-state index in [1.165, 1.54) is 0 Å². The minimum absolute atomic E-state index is 0.613. The van der Waals surface area contributed by atoms with Gasteiger partial charge in [0, 0.05) is 40.1 Å². The number of aromatic nitrogens is 5. The van der Waals surface area contributed by atoms with Gasteiger partial charge in [0.1, 0.15) is 5.82 Å². The van der Waals surface area contributed by atoms with Crippen LogP contribution in [-0.4, -0.2) is 25.1 Å². The number of pyridine rings is 1. The van der Waals surface area contributed by atoms with Crippen LogP contribution in [0.1, 0.15) is 5.69 Å². The summed E-state index contributed by atoms with van der Waals surface area (Å²) in [4.78, 5) is 13.3. The van der Waals surface area contributed by atoms with Crippen LogP contribution in [0.5, 0.6) is 0 Å². The number of H-pyrrole nitrogens is 1. The maximum Gasteiger partial charge on any atom is 0.162 e. The van der Waals surface area contributed by atoms with Gasteiger partial charge in [-0.25, -0.2) is 9.97 Å². The number of rotatable bonds is 3. The van der Waals surface area contributed by atoms with Crippen molar-refractivity contribution in [2.45, 2.75) is 6.92 Å². The lowest BCUT2D eigenvalue weighted by Gasteiger charge is -2.09. The van der Waals surface area contributed by atoms with Crippen molar-refractivity contribution in [1.82, 2.24) is 25.1 Å². The van der Waals surface area contributed by atoms with Gasteiger partial charge in [0.05, 0.1) is 5.52 Å². The molecule has 0 fully saturated rings. The van der Waals surface area contributed by atoms with Crippen molar-refractivity contribution in [3.05, 3.63) is 59.5 Å². The second-order valence-corrected chi connectivity index (χ2v) is 5.79. The smallest absolute Gasteiger partial charge is 0.162 e. The molecule has 0 unspecified atom stereocenters. The van der Waals surface area contributed by atoms with E-state index < -0.39 is 0 Å². The monoisotopic (exact) mass is 336 g/mol. The Morgan fingerprint density at radius 3 is 2.62 bits per heavy atom. The molecule has 118 valence electrons. The highest BCUT2D eigenvalue weighted by Gasteiger charge is 2.11. The number of aromatic amines is 1. The summed E-state index contributed by atoms with van der Waals surface area (Å²) in [6, 6.07) is 11.2. The molecule has 0 saturated carbocycles. The SMILES string of the molecule is Cc1cc(Nc2nc(-c3ccncc3)nc3ccc(Cl)cc23)n[nH]1. The molecule has 0 radical (unpaired) electrons. The van der Waals surface area contributed by atoms with Crippen LogP contribution in [0.25, 0.3) is 22.3 Å². The molecule has 0 amide bonds. The second kappa shape index (κ2) is 5.90. The van der Waals surface area contributed by atoms with Gasteiger partial charge in [-0.1, -0.05) is 11.6 Å². The predicted octanol–water partition coefficient (Wildman–Crippen LogP) is 4.12. The third-order valence-corrected chi connectivity index (χ3v) is 3.78. The fourth-order valence-corrected chi connectivity index (χ4v) is 2.60. The lowest BCUT2D eigenvalue weighted by atomic mass is 10.2. The molecular formula is C17H13ClN6. The largest absolute Gasteiger partial charge is 0.323 e. The number of hydrogen-bond donors (Lipinski definition) is 2. The number of fused-ring (bicyclic) bond motifs is 1. The van der Waals surface area contributed by atoms with Gasteiger partial charge in [0.25, 0.3) is 0 Å². The van der Waals surface area contributed by atoms with Crippen LogP contribution in [0, 0.1) is 6.92 Å². The maximum atomic E-state index is 6.14. The molecule has 3 aromatic heterocycles. The topological polar surface area (TPSA) is 79.4 Å². The maximum absolute atomic E-state index is 6.14. The molecule has 4 aromatic rings. The molecule has 6 nitrogen and oxygen atoms in total. The molecule has 0 bridgehead atoms. The van der Waals surface area contributed by atoms with E-state index >= 15 is 0 Å². The van der Waals surface area contributed by atoms with E-state index in [2.05, 4.69) is 30.5 Å². The van der Waals surface area contributed by atoms with E-state index in [0.717, 1.165) is 22.2 Å². The van der Waals surface area contributed by atoms with Crippen LogP contribution in [0.3, 0.4) is 0 Å². The Bertz CT molecular complexity index is 1010. The summed E-state index contributed by atoms with van der Waals surface area (Å²) in [5.41, 5.74) is 2.65. The zero-order valence-electron chi connectivity index (χ0n) is 12.8. The third-order valence-electron chi connectivity index (χ3n) is 3.55. The number of nitrogens with zero attached hydrogens (tertiary/aromatic N) is 4. The number of anilines is 2. The Labute approximate surface area is 143 Å². The number of hydrogen-bond acceptors (Lipinski definition) is 5. The van der Waals surface area contributed by atoms with E-state index in [0.29, 0.717) is 22.5 Å². The molecule has 24 heavy (non-hydrogen) atoms. The molecule has 0 aliphatic heterocycles. The molecule has 0 aliphatic carbocycles. The van der Waals surface area contributed by atoms with Crippen LogP contribution in [-0.2, 0) is 0 Å². The lowest BCUT2D eigenvalue weighted by Crippen LogP contribution is -1.99. The fraction of sp³-hybridized carbons (Fsp3) is 0.0588. The van der Waals surface area contributed by atoms with Crippen molar-refractivity contribution in [1.29, 1.82) is 0 Å². The molecule has 3 heterocycles. The summed E-state index contributed by atoms with van der Waals surface area (Å²) in [7, 11) is 0. The van der Waals surface area contributed by atoms with E-state index in [1.807, 2.05) is 43.3 Å². The van der Waals surface area contributed by atoms with Gasteiger partial charge in [0.2, 0.25) is 0 Å². The average molecular weight is 337 g/mol. The molecule has 1 aromatic carbocycles. The van der Waals surface area contributed by atoms with Crippen molar-refractivity contribution in [2.75, 3.05) is 5.32 Å². The molecule has 0 spiro atoms. The molecule has 0 saturated heterocycles. The second-order valence-electron chi connectivity index (χ2n) is 5.35. The summed E-state index contributed by atoms with van der Waals surface area (Å²) in [6.45, 7) is 1.94. The van der Waals surface area contributed by atoms with Gasteiger partial charge in [-0.15, -0.1) is 0 Å². The van der Waals surface area contributed by atoms with Crippen molar-refractivity contribution in [2.24, 2.45) is 0 Å². The van der Waals surface area contributed by atoms with Gasteiger partial charge in [-0.3, -0.25) is 10.1 Å². The van der Waals surface area contributed by atoms with Gasteiger partial charge in [-0.2, -0.15) is 5.10 Å². The van der Waals surface area contributed by atoms with Crippen LogP contribution in [0.2, 0.25) is 5.02 Å². The Morgan fingerprint density at radius 2 is 1.88 bits per heavy atom. The summed E-state index contributed by atoms with van der Waals surface area (Å²) in [6.07, 6.45) is 3.43. The van der Waals surface area contributed by atoms with Crippen molar-refractivity contribution < 1.29 is 0 Å². The van der Waals surface area contributed by atoms with Crippen molar-refractivity contribution in [3.63, 3.8) is 0 Å². The van der Waals surface area contributed by atoms with Crippen LogP contribution in [0.15, 0.2) is 48.8 Å². The Balaban J connectivity index is 1.89. The zero-order valence-corrected chi connectivity index (χ0v) is 13.5. The summed E-state index contributed by atoms with van der Waals surface area (Å²) in [5, 5.41) is 11.8. The Kier molecular flexibility index (Phi) is 3.59. The Hall–Kier alpha value is -2.99. The lowest BCUT2D eigenvalue weighted by molar-refractivity contribution is 1.05. The van der Waals surface area contributed by atoms with E-state index in [4.69, 9.17) is 11.6 Å². The fourth-order valence-electron chi connectivity index (χ4n) is 2.43. The molecule has 2 N–H and O–H groups in total. The van der Waals surface area contributed by atoms with Crippen LogP contribution < -0.4 is 5.32 Å². The van der Waals surface area contributed by atoms with Gasteiger partial charge in [0.15, 0.2) is 11.6 Å². The molecular weight excluding hydrogens is 324 g/mol. The molecule has 7 heteroatoms. The van der Waals surface area contributed by atoms with Crippen molar-refractivity contribution >= 4 is 34.1 Å². The first-order valence-corrected chi connectivity index (χ1v) is 7.73. The van der Waals surface area contributed by atoms with Crippen LogP contribution in [0.4, 0.5) is 11.6 Å². The van der Waals surface area contributed by atoms with Crippen LogP contribution >= 0.6 is 11.6 Å². The number of nitrogens with one attached hydrogen (secondary N) is 2. The summed E-state index contributed by atoms with van der Waals surface area (Å²) >= 11 is 6.14. The number of aryl methyl sites for hydroxylation is 1. The highest BCUT2D eigenvalue weighted by atomic mass is 35.5. The standard InChI is InChI=1S/C17H13ClN6/c1-10-8-15(24-23-10)21-17-13-9-12(18)2-3-14(13)20-16(22-17)11-4-6-19-7-5-11/h2-9H,1H3,(H2,20,21,22,23,24). The van der Waals surface area contributed by atoms with Gasteiger partial charge in [-0.05, 0) is 37.3 Å². The average Bonchev–Trinajstić information content (AvgIpc) is 3.01. The predicted molar refractivity (Wildman–Crippen MR) is 94.4 cm³/mol. The first-order chi connectivity index (χ1) is 11.7. The molecule has 0 atom stereocenters. The first-order valence-electron chi connectivity index (χ1n) is 7.36. The summed E-state index contributed by atoms with van der Waals surface area (Å²) < 4.78 is 0. The highest BCUT2D eigenvalue weighted by Crippen LogP contribution is 2.28. The van der Waals surface area contributed by atoms with Gasteiger partial charge < -0.3 is 5.32 Å². The minimum Gasteiger partial charge on any atom is -0.323 e. The Morgan fingerprint density at radius 1 is 1.04 bits per heavy atom. The molecule has 0 aliphatic rings. The van der Waals surface area contributed by atoms with Crippen molar-refractivity contribution in [3.8, 4) is 11.4 Å². The number of benzene rings is 1. The first kappa shape index (κ1) is 14.6. The minimum atomic E-state index is 0.613. The van der Waals surface area contributed by atoms with E-state index in [9.17, 15) is 0 Å². The number of halogens is 1. The highest BCUT2D eigenvalue weighted by molar-refractivity contribution is 6.31. The van der Waals surface area contributed by atoms with E-state index in [-0.39, 0.29) is 0 Å². The zero-order chi connectivity index (χ0) is 16.5. The van der Waals surface area contributed by atoms with Gasteiger partial charge >= 0.3 is 0 Å². The van der Waals surface area contributed by atoms with E-state index in [1.54, 1.807) is 12.4 Å². The third kappa shape index (κ3) is 2.79. The summed E-state index contributed by atoms with van der Waals surface area (Å²) in [5.74, 6) is 1.95.